The number of carbonyl (C=O) groups excluding carboxylic acids is 1. The van der Waals surface area contributed by atoms with Crippen LogP contribution in [0.3, 0.4) is 0 Å². The molecule has 1 aromatic rings. The molecule has 0 N–H and O–H groups in total. The zero-order valence-electron chi connectivity index (χ0n) is 9.19. The monoisotopic (exact) mass is 223 g/mol. The highest BCUT2D eigenvalue weighted by atomic mass is 19.1. The molecule has 0 unspecified atom stereocenters. The number of aryl methyl sites for hydroxylation is 1. The predicted octanol–water partition coefficient (Wildman–Crippen LogP) is 1.05. The number of amides is 1. The summed E-state index contributed by atoms with van der Waals surface area (Å²) in [5.74, 6) is -0.262. The lowest BCUT2D eigenvalue weighted by molar-refractivity contribution is -0.130. The van der Waals surface area contributed by atoms with E-state index in [0.717, 1.165) is 5.56 Å². The van der Waals surface area contributed by atoms with Gasteiger partial charge in [0.15, 0.2) is 0 Å². The van der Waals surface area contributed by atoms with Gasteiger partial charge < -0.3 is 4.90 Å². The first-order chi connectivity index (χ1) is 7.65. The van der Waals surface area contributed by atoms with E-state index in [1.54, 1.807) is 29.0 Å². The van der Waals surface area contributed by atoms with E-state index in [1.807, 2.05) is 0 Å². The van der Waals surface area contributed by atoms with Gasteiger partial charge in [0, 0.05) is 19.8 Å². The molecule has 0 aromatic carbocycles. The summed E-state index contributed by atoms with van der Waals surface area (Å²) in [6.07, 6.45) is 5.89. The van der Waals surface area contributed by atoms with Crippen molar-refractivity contribution in [3.8, 4) is 0 Å². The highest BCUT2D eigenvalue weighted by molar-refractivity contribution is 5.79. The van der Waals surface area contributed by atoms with Crippen LogP contribution in [-0.4, -0.2) is 33.7 Å². The third-order valence-corrected chi connectivity index (χ3v) is 2.57. The molecular formula is C11H14FN3O. The second kappa shape index (κ2) is 4.47. The third kappa shape index (κ3) is 2.48. The average molecular weight is 223 g/mol. The van der Waals surface area contributed by atoms with E-state index in [9.17, 15) is 9.18 Å². The summed E-state index contributed by atoms with van der Waals surface area (Å²) in [5, 5.41) is 3.99. The molecule has 2 heterocycles. The molecule has 1 aliphatic heterocycles. The minimum Gasteiger partial charge on any atom is -0.335 e. The Hall–Kier alpha value is -1.65. The number of hydrogen-bond acceptors (Lipinski definition) is 2. The molecule has 0 atom stereocenters. The molecule has 0 spiro atoms. The van der Waals surface area contributed by atoms with Crippen molar-refractivity contribution in [1.29, 1.82) is 0 Å². The number of hydrogen-bond donors (Lipinski definition) is 0. The molecule has 1 aliphatic rings. The fourth-order valence-corrected chi connectivity index (χ4v) is 1.77. The predicted molar refractivity (Wildman–Crippen MR) is 57.3 cm³/mol. The SMILES string of the molecule is Cn1cc(CC(=O)N2CCC=C(F)C2)cn1. The summed E-state index contributed by atoms with van der Waals surface area (Å²) in [6, 6.07) is 0. The highest BCUT2D eigenvalue weighted by Crippen LogP contribution is 2.12. The largest absolute Gasteiger partial charge is 0.335 e. The highest BCUT2D eigenvalue weighted by Gasteiger charge is 2.18. The van der Waals surface area contributed by atoms with Crippen LogP contribution in [0, 0.1) is 0 Å². The fourth-order valence-electron chi connectivity index (χ4n) is 1.77. The summed E-state index contributed by atoms with van der Waals surface area (Å²) in [4.78, 5) is 13.4. The van der Waals surface area contributed by atoms with E-state index in [4.69, 9.17) is 0 Å². The van der Waals surface area contributed by atoms with Crippen molar-refractivity contribution in [2.75, 3.05) is 13.1 Å². The van der Waals surface area contributed by atoms with Crippen molar-refractivity contribution in [2.45, 2.75) is 12.8 Å². The van der Waals surface area contributed by atoms with Gasteiger partial charge in [-0.1, -0.05) is 0 Å². The number of carbonyl (C=O) groups is 1. The van der Waals surface area contributed by atoms with E-state index in [2.05, 4.69) is 5.10 Å². The Balaban J connectivity index is 1.96. The van der Waals surface area contributed by atoms with E-state index in [0.29, 0.717) is 19.4 Å². The number of nitrogens with zero attached hydrogens (tertiary/aromatic N) is 3. The summed E-state index contributed by atoms with van der Waals surface area (Å²) in [7, 11) is 1.80. The standard InChI is InChI=1S/C11H14FN3O/c1-14-7-9(6-13-14)5-11(16)15-4-2-3-10(12)8-15/h3,6-7H,2,4-5,8H2,1H3. The van der Waals surface area contributed by atoms with Gasteiger partial charge in [-0.05, 0) is 18.1 Å². The van der Waals surface area contributed by atoms with Crippen LogP contribution in [0.15, 0.2) is 24.3 Å². The summed E-state index contributed by atoms with van der Waals surface area (Å²) < 4.78 is 14.6. The number of aromatic nitrogens is 2. The maximum Gasteiger partial charge on any atom is 0.227 e. The lowest BCUT2D eigenvalue weighted by atomic mass is 10.2. The quantitative estimate of drug-likeness (QED) is 0.751. The first kappa shape index (κ1) is 10.9. The second-order valence-corrected chi connectivity index (χ2v) is 3.95. The molecule has 0 aliphatic carbocycles. The summed E-state index contributed by atoms with van der Waals surface area (Å²) in [5.41, 5.74) is 0.863. The average Bonchev–Trinajstić information content (AvgIpc) is 2.64. The van der Waals surface area contributed by atoms with Gasteiger partial charge in [-0.25, -0.2) is 4.39 Å². The molecule has 86 valence electrons. The Kier molecular flexibility index (Phi) is 3.03. The van der Waals surface area contributed by atoms with Crippen LogP contribution in [0.4, 0.5) is 4.39 Å². The Labute approximate surface area is 93.3 Å². The maximum absolute atomic E-state index is 13.0. The third-order valence-electron chi connectivity index (χ3n) is 2.57. The van der Waals surface area contributed by atoms with E-state index < -0.39 is 0 Å². The summed E-state index contributed by atoms with van der Waals surface area (Å²) in [6.45, 7) is 0.714. The van der Waals surface area contributed by atoms with Crippen LogP contribution < -0.4 is 0 Å². The molecule has 0 fully saturated rings. The van der Waals surface area contributed by atoms with Gasteiger partial charge >= 0.3 is 0 Å². The minimum atomic E-state index is -0.217. The van der Waals surface area contributed by atoms with Crippen LogP contribution in [0.2, 0.25) is 0 Å². The molecule has 0 saturated heterocycles. The molecule has 1 aromatic heterocycles. The number of halogens is 1. The molecule has 0 bridgehead atoms. The first-order valence-electron chi connectivity index (χ1n) is 5.25. The van der Waals surface area contributed by atoms with Crippen molar-refractivity contribution >= 4 is 5.91 Å². The van der Waals surface area contributed by atoms with Gasteiger partial charge in [-0.15, -0.1) is 0 Å². The van der Waals surface area contributed by atoms with E-state index in [1.165, 1.54) is 6.08 Å². The Morgan fingerprint density at radius 2 is 2.44 bits per heavy atom. The lowest BCUT2D eigenvalue weighted by Gasteiger charge is -2.24. The zero-order chi connectivity index (χ0) is 11.5. The Bertz CT molecular complexity index is 425. The van der Waals surface area contributed by atoms with Crippen molar-refractivity contribution in [3.63, 3.8) is 0 Å². The molecule has 0 saturated carbocycles. The Morgan fingerprint density at radius 3 is 3.06 bits per heavy atom. The van der Waals surface area contributed by atoms with Crippen LogP contribution in [0.1, 0.15) is 12.0 Å². The van der Waals surface area contributed by atoms with Gasteiger partial charge in [0.1, 0.15) is 5.83 Å². The van der Waals surface area contributed by atoms with Gasteiger partial charge in [-0.3, -0.25) is 9.48 Å². The molecular weight excluding hydrogens is 209 g/mol. The van der Waals surface area contributed by atoms with Crippen LogP contribution in [0.25, 0.3) is 0 Å². The molecule has 4 nitrogen and oxygen atoms in total. The number of rotatable bonds is 2. The molecule has 1 amide bonds. The van der Waals surface area contributed by atoms with Gasteiger partial charge in [0.2, 0.25) is 5.91 Å². The van der Waals surface area contributed by atoms with Crippen molar-refractivity contribution in [2.24, 2.45) is 7.05 Å². The van der Waals surface area contributed by atoms with Crippen LogP contribution in [-0.2, 0) is 18.3 Å². The normalized spacial score (nSPS) is 16.1. The summed E-state index contributed by atoms with van der Waals surface area (Å²) >= 11 is 0. The van der Waals surface area contributed by atoms with Gasteiger partial charge in [0.05, 0.1) is 19.2 Å². The fraction of sp³-hybridized carbons (Fsp3) is 0.455. The van der Waals surface area contributed by atoms with Crippen molar-refractivity contribution < 1.29 is 9.18 Å². The smallest absolute Gasteiger partial charge is 0.227 e. The van der Waals surface area contributed by atoms with Crippen molar-refractivity contribution in [3.05, 3.63) is 29.9 Å². The molecule has 16 heavy (non-hydrogen) atoms. The van der Waals surface area contributed by atoms with Gasteiger partial charge in [-0.2, -0.15) is 5.10 Å². The second-order valence-electron chi connectivity index (χ2n) is 3.95. The maximum atomic E-state index is 13.0. The Morgan fingerprint density at radius 1 is 1.62 bits per heavy atom. The first-order valence-corrected chi connectivity index (χ1v) is 5.25. The van der Waals surface area contributed by atoms with Gasteiger partial charge in [0.25, 0.3) is 0 Å². The zero-order valence-corrected chi connectivity index (χ0v) is 9.19. The molecule has 2 rings (SSSR count). The van der Waals surface area contributed by atoms with E-state index >= 15 is 0 Å². The minimum absolute atomic E-state index is 0.0451. The topological polar surface area (TPSA) is 38.1 Å². The van der Waals surface area contributed by atoms with Crippen molar-refractivity contribution in [1.82, 2.24) is 14.7 Å². The lowest BCUT2D eigenvalue weighted by Crippen LogP contribution is -2.36. The molecule has 0 radical (unpaired) electrons. The van der Waals surface area contributed by atoms with Crippen LogP contribution >= 0.6 is 0 Å². The van der Waals surface area contributed by atoms with E-state index in [-0.39, 0.29) is 18.3 Å². The van der Waals surface area contributed by atoms with Crippen LogP contribution in [0.5, 0.6) is 0 Å². The molecule has 5 heteroatoms.